The first-order chi connectivity index (χ1) is 16.1. The first-order valence-corrected chi connectivity index (χ1v) is 12.2. The van der Waals surface area contributed by atoms with E-state index in [0.29, 0.717) is 18.5 Å². The van der Waals surface area contributed by atoms with Crippen molar-refractivity contribution in [3.05, 3.63) is 65.6 Å². The molecule has 6 heteroatoms. The summed E-state index contributed by atoms with van der Waals surface area (Å²) in [5.41, 5.74) is 5.24. The summed E-state index contributed by atoms with van der Waals surface area (Å²) in [6.07, 6.45) is 2.96. The molecule has 0 aliphatic carbocycles. The highest BCUT2D eigenvalue weighted by atomic mass is 19.1. The van der Waals surface area contributed by atoms with Gasteiger partial charge in [-0.1, -0.05) is 19.1 Å². The normalized spacial score (nSPS) is 21.5. The van der Waals surface area contributed by atoms with Crippen LogP contribution >= 0.6 is 0 Å². The van der Waals surface area contributed by atoms with Crippen molar-refractivity contribution in [1.82, 2.24) is 15.6 Å². The number of aromatic nitrogens is 1. The van der Waals surface area contributed by atoms with Crippen molar-refractivity contribution in [2.45, 2.75) is 32.9 Å². The summed E-state index contributed by atoms with van der Waals surface area (Å²) in [7, 11) is 0. The topological polar surface area (TPSA) is 43.4 Å². The molecule has 33 heavy (non-hydrogen) atoms. The van der Waals surface area contributed by atoms with Crippen LogP contribution in [0.5, 0.6) is 0 Å². The van der Waals surface area contributed by atoms with Crippen LogP contribution in [-0.4, -0.2) is 50.3 Å². The summed E-state index contributed by atoms with van der Waals surface area (Å²) in [6, 6.07) is 14.6. The third-order valence-corrected chi connectivity index (χ3v) is 7.05. The Morgan fingerprint density at radius 2 is 1.94 bits per heavy atom. The summed E-state index contributed by atoms with van der Waals surface area (Å²) in [6.45, 7) is 10.7. The van der Waals surface area contributed by atoms with Gasteiger partial charge < -0.3 is 20.4 Å². The van der Waals surface area contributed by atoms with Crippen molar-refractivity contribution < 1.29 is 4.39 Å². The van der Waals surface area contributed by atoms with Crippen molar-refractivity contribution in [2.75, 3.05) is 49.1 Å². The number of aryl methyl sites for hydroxylation is 1. The minimum absolute atomic E-state index is 0.116. The fourth-order valence-electron chi connectivity index (χ4n) is 5.32. The van der Waals surface area contributed by atoms with Crippen LogP contribution in [0.1, 0.15) is 24.5 Å². The minimum atomic E-state index is -0.116. The number of fused-ring (bicyclic) bond motifs is 1. The van der Waals surface area contributed by atoms with Crippen LogP contribution < -0.4 is 20.4 Å². The van der Waals surface area contributed by atoms with Crippen LogP contribution in [-0.2, 0) is 6.54 Å². The second-order valence-electron chi connectivity index (χ2n) is 9.64. The van der Waals surface area contributed by atoms with Crippen molar-refractivity contribution in [3.63, 3.8) is 0 Å². The predicted molar refractivity (Wildman–Crippen MR) is 135 cm³/mol. The Kier molecular flexibility index (Phi) is 6.47. The number of pyridine rings is 1. The first kappa shape index (κ1) is 22.1. The maximum absolute atomic E-state index is 14.9. The van der Waals surface area contributed by atoms with Crippen LogP contribution in [0.4, 0.5) is 15.8 Å². The SMILES string of the molecule is Cc1ccc(N2C[C@@H](C)C[C@@H](NCc3ccc(N4CCNCC4)cc3F)C2)c2cccnc12. The van der Waals surface area contributed by atoms with Crippen LogP contribution in [0.25, 0.3) is 10.9 Å². The van der Waals surface area contributed by atoms with Crippen molar-refractivity contribution in [3.8, 4) is 0 Å². The van der Waals surface area contributed by atoms with Crippen molar-refractivity contribution in [2.24, 2.45) is 5.92 Å². The number of benzene rings is 2. The lowest BCUT2D eigenvalue weighted by Gasteiger charge is -2.39. The Bertz CT molecular complexity index is 1110. The average Bonchev–Trinajstić information content (AvgIpc) is 2.84. The number of nitrogens with one attached hydrogen (secondary N) is 2. The van der Waals surface area contributed by atoms with Gasteiger partial charge in [0, 0.05) is 80.4 Å². The fraction of sp³-hybridized carbons (Fsp3) is 0.444. The lowest BCUT2D eigenvalue weighted by Crippen LogP contribution is -2.48. The molecule has 2 fully saturated rings. The molecule has 2 aromatic carbocycles. The van der Waals surface area contributed by atoms with Gasteiger partial charge in [0.15, 0.2) is 0 Å². The van der Waals surface area contributed by atoms with Crippen molar-refractivity contribution in [1.29, 1.82) is 0 Å². The van der Waals surface area contributed by atoms with Gasteiger partial charge in [-0.05, 0) is 55.2 Å². The van der Waals surface area contributed by atoms with Crippen LogP contribution in [0.15, 0.2) is 48.7 Å². The number of hydrogen-bond donors (Lipinski definition) is 2. The molecule has 3 heterocycles. The van der Waals surface area contributed by atoms with Crippen LogP contribution in [0.3, 0.4) is 0 Å². The molecular weight excluding hydrogens is 413 g/mol. The van der Waals surface area contributed by atoms with E-state index in [4.69, 9.17) is 0 Å². The van der Waals surface area contributed by atoms with E-state index >= 15 is 0 Å². The zero-order valence-electron chi connectivity index (χ0n) is 19.6. The summed E-state index contributed by atoms with van der Waals surface area (Å²) in [5.74, 6) is 0.444. The number of piperazine rings is 1. The van der Waals surface area contributed by atoms with E-state index in [0.717, 1.165) is 62.5 Å². The van der Waals surface area contributed by atoms with Gasteiger partial charge in [0.05, 0.1) is 5.52 Å². The van der Waals surface area contributed by atoms with Crippen molar-refractivity contribution >= 4 is 22.3 Å². The largest absolute Gasteiger partial charge is 0.369 e. The summed E-state index contributed by atoms with van der Waals surface area (Å²) in [5, 5.41) is 8.20. The first-order valence-electron chi connectivity index (χ1n) is 12.2. The van der Waals surface area contributed by atoms with E-state index in [9.17, 15) is 4.39 Å². The predicted octanol–water partition coefficient (Wildman–Crippen LogP) is 4.10. The van der Waals surface area contributed by atoms with Gasteiger partial charge in [0.1, 0.15) is 5.82 Å². The lowest BCUT2D eigenvalue weighted by molar-refractivity contribution is 0.348. The standard InChI is InChI=1S/C27H34FN5/c1-19-14-22(18-33(17-19)26-8-5-20(2)27-24(26)4-3-9-30-27)31-16-21-6-7-23(15-25(21)28)32-12-10-29-11-13-32/h3-9,15,19,22,29,31H,10-14,16-18H2,1-2H3/t19-,22+/m0/s1. The lowest BCUT2D eigenvalue weighted by atomic mass is 9.94. The van der Waals surface area contributed by atoms with E-state index in [2.05, 4.69) is 63.5 Å². The molecule has 0 saturated carbocycles. The monoisotopic (exact) mass is 447 g/mol. The second-order valence-corrected chi connectivity index (χ2v) is 9.64. The second kappa shape index (κ2) is 9.65. The maximum Gasteiger partial charge on any atom is 0.129 e. The van der Waals surface area contributed by atoms with E-state index in [1.165, 1.54) is 16.6 Å². The molecule has 0 bridgehead atoms. The van der Waals surface area contributed by atoms with Gasteiger partial charge in [-0.2, -0.15) is 0 Å². The number of anilines is 2. The van der Waals surface area contributed by atoms with Gasteiger partial charge in [-0.3, -0.25) is 4.98 Å². The molecule has 3 aromatic rings. The highest BCUT2D eigenvalue weighted by Gasteiger charge is 2.26. The number of piperidine rings is 1. The smallest absolute Gasteiger partial charge is 0.129 e. The molecule has 5 nitrogen and oxygen atoms in total. The Balaban J connectivity index is 1.28. The fourth-order valence-corrected chi connectivity index (χ4v) is 5.32. The quantitative estimate of drug-likeness (QED) is 0.617. The zero-order chi connectivity index (χ0) is 22.8. The van der Waals surface area contributed by atoms with E-state index in [-0.39, 0.29) is 5.82 Å². The minimum Gasteiger partial charge on any atom is -0.369 e. The van der Waals surface area contributed by atoms with E-state index in [1.807, 2.05) is 18.3 Å². The Labute approximate surface area is 196 Å². The number of halogens is 1. The van der Waals surface area contributed by atoms with Crippen LogP contribution in [0, 0.1) is 18.7 Å². The van der Waals surface area contributed by atoms with E-state index in [1.54, 1.807) is 6.07 Å². The zero-order valence-corrected chi connectivity index (χ0v) is 19.6. The van der Waals surface area contributed by atoms with E-state index < -0.39 is 0 Å². The highest BCUT2D eigenvalue weighted by molar-refractivity contribution is 5.93. The maximum atomic E-state index is 14.9. The van der Waals surface area contributed by atoms with Gasteiger partial charge in [-0.25, -0.2) is 4.39 Å². The van der Waals surface area contributed by atoms with Gasteiger partial charge in [0.2, 0.25) is 0 Å². The molecule has 174 valence electrons. The number of hydrogen-bond acceptors (Lipinski definition) is 5. The molecule has 0 unspecified atom stereocenters. The van der Waals surface area contributed by atoms with Gasteiger partial charge in [-0.15, -0.1) is 0 Å². The molecule has 2 N–H and O–H groups in total. The van der Waals surface area contributed by atoms with Crippen LogP contribution in [0.2, 0.25) is 0 Å². The molecule has 0 spiro atoms. The molecule has 2 aliphatic rings. The third kappa shape index (κ3) is 4.82. The summed E-state index contributed by atoms with van der Waals surface area (Å²) >= 11 is 0. The van der Waals surface area contributed by atoms with Gasteiger partial charge >= 0.3 is 0 Å². The molecule has 5 rings (SSSR count). The Hall–Kier alpha value is -2.70. The number of rotatable bonds is 5. The molecule has 0 radical (unpaired) electrons. The highest BCUT2D eigenvalue weighted by Crippen LogP contribution is 2.31. The summed E-state index contributed by atoms with van der Waals surface area (Å²) < 4.78 is 14.9. The molecule has 0 amide bonds. The molecule has 2 atom stereocenters. The van der Waals surface area contributed by atoms with Gasteiger partial charge in [0.25, 0.3) is 0 Å². The summed E-state index contributed by atoms with van der Waals surface area (Å²) in [4.78, 5) is 9.33. The Morgan fingerprint density at radius 3 is 2.76 bits per heavy atom. The third-order valence-electron chi connectivity index (χ3n) is 7.05. The molecule has 2 aliphatic heterocycles. The molecular formula is C27H34FN5. The Morgan fingerprint density at radius 1 is 1.09 bits per heavy atom. The average molecular weight is 448 g/mol. The number of nitrogens with zero attached hydrogens (tertiary/aromatic N) is 3. The molecule has 2 saturated heterocycles. The molecule has 1 aromatic heterocycles.